The van der Waals surface area contributed by atoms with E-state index in [4.69, 9.17) is 10.5 Å². The van der Waals surface area contributed by atoms with Crippen molar-refractivity contribution in [2.24, 2.45) is 11.1 Å². The van der Waals surface area contributed by atoms with Crippen LogP contribution in [0.4, 0.5) is 0 Å². The summed E-state index contributed by atoms with van der Waals surface area (Å²) in [6.45, 7) is 7.42. The van der Waals surface area contributed by atoms with Gasteiger partial charge < -0.3 is 10.5 Å². The second kappa shape index (κ2) is 3.11. The second-order valence-electron chi connectivity index (χ2n) is 4.51. The Kier molecular flexibility index (Phi) is 2.55. The van der Waals surface area contributed by atoms with Crippen molar-refractivity contribution in [3.05, 3.63) is 0 Å². The Balaban J connectivity index is 2.31. The lowest BCUT2D eigenvalue weighted by atomic mass is 9.89. The molecule has 0 saturated carbocycles. The summed E-state index contributed by atoms with van der Waals surface area (Å²) in [6, 6.07) is 0.272. The molecule has 0 aromatic carbocycles. The first-order valence-electron chi connectivity index (χ1n) is 4.37. The minimum Gasteiger partial charge on any atom is -0.378 e. The van der Waals surface area contributed by atoms with Crippen LogP contribution in [0, 0.1) is 5.41 Å². The lowest BCUT2D eigenvalue weighted by Gasteiger charge is -2.14. The highest BCUT2D eigenvalue weighted by Crippen LogP contribution is 2.32. The molecule has 0 aliphatic carbocycles. The van der Waals surface area contributed by atoms with Gasteiger partial charge in [-0.05, 0) is 25.2 Å². The van der Waals surface area contributed by atoms with Gasteiger partial charge in [0, 0.05) is 6.04 Å². The first kappa shape index (κ1) is 9.01. The first-order valence-corrected chi connectivity index (χ1v) is 4.37. The Morgan fingerprint density at radius 2 is 2.27 bits per heavy atom. The fraction of sp³-hybridized carbons (Fsp3) is 1.00. The van der Waals surface area contributed by atoms with Crippen LogP contribution in [0.25, 0.3) is 0 Å². The molecule has 2 atom stereocenters. The van der Waals surface area contributed by atoms with Crippen molar-refractivity contribution in [3.63, 3.8) is 0 Å². The first-order chi connectivity index (χ1) is 4.99. The van der Waals surface area contributed by atoms with Crippen molar-refractivity contribution in [1.82, 2.24) is 0 Å². The zero-order valence-corrected chi connectivity index (χ0v) is 7.76. The van der Waals surface area contributed by atoms with Gasteiger partial charge in [0.15, 0.2) is 0 Å². The lowest BCUT2D eigenvalue weighted by Crippen LogP contribution is -2.22. The van der Waals surface area contributed by atoms with Gasteiger partial charge in [-0.15, -0.1) is 0 Å². The van der Waals surface area contributed by atoms with Gasteiger partial charge >= 0.3 is 0 Å². The normalized spacial score (nSPS) is 32.2. The number of nitrogens with two attached hydrogens (primary N) is 1. The molecule has 1 aliphatic heterocycles. The molecule has 66 valence electrons. The average Bonchev–Trinajstić information content (AvgIpc) is 2.08. The van der Waals surface area contributed by atoms with E-state index in [-0.39, 0.29) is 6.04 Å². The third-order valence-electron chi connectivity index (χ3n) is 2.12. The fourth-order valence-corrected chi connectivity index (χ4v) is 1.64. The summed E-state index contributed by atoms with van der Waals surface area (Å²) in [5.41, 5.74) is 6.06. The molecular formula is C9H19NO. The van der Waals surface area contributed by atoms with E-state index in [0.717, 1.165) is 19.4 Å². The minimum atomic E-state index is 0.272. The van der Waals surface area contributed by atoms with E-state index >= 15 is 0 Å². The van der Waals surface area contributed by atoms with Gasteiger partial charge in [-0.1, -0.05) is 13.8 Å². The molecule has 0 amide bonds. The van der Waals surface area contributed by atoms with Crippen LogP contribution in [0.5, 0.6) is 0 Å². The molecule has 11 heavy (non-hydrogen) atoms. The Morgan fingerprint density at radius 1 is 1.64 bits per heavy atom. The zero-order chi connectivity index (χ0) is 8.48. The van der Waals surface area contributed by atoms with Crippen molar-refractivity contribution in [2.75, 3.05) is 6.61 Å². The van der Waals surface area contributed by atoms with E-state index in [9.17, 15) is 0 Å². The summed E-state index contributed by atoms with van der Waals surface area (Å²) in [4.78, 5) is 0. The number of hydrogen-bond donors (Lipinski definition) is 1. The van der Waals surface area contributed by atoms with Gasteiger partial charge in [0.25, 0.3) is 0 Å². The number of rotatable bonds is 2. The van der Waals surface area contributed by atoms with Crippen LogP contribution in [0.1, 0.15) is 33.6 Å². The second-order valence-corrected chi connectivity index (χ2v) is 4.51. The van der Waals surface area contributed by atoms with E-state index < -0.39 is 0 Å². The third kappa shape index (κ3) is 2.80. The van der Waals surface area contributed by atoms with E-state index in [1.54, 1.807) is 0 Å². The van der Waals surface area contributed by atoms with Gasteiger partial charge in [-0.25, -0.2) is 0 Å². The highest BCUT2D eigenvalue weighted by atomic mass is 16.5. The number of hydrogen-bond acceptors (Lipinski definition) is 2. The summed E-state index contributed by atoms with van der Waals surface area (Å²) in [5.74, 6) is 0. The maximum atomic E-state index is 5.68. The van der Waals surface area contributed by atoms with Crippen LogP contribution in [0.15, 0.2) is 0 Å². The van der Waals surface area contributed by atoms with Crippen molar-refractivity contribution < 1.29 is 4.74 Å². The summed E-state index contributed by atoms with van der Waals surface area (Å²) >= 11 is 0. The highest BCUT2D eigenvalue weighted by molar-refractivity contribution is 4.81. The van der Waals surface area contributed by atoms with Crippen LogP contribution in [0.2, 0.25) is 0 Å². The molecular weight excluding hydrogens is 138 g/mol. The van der Waals surface area contributed by atoms with Crippen molar-refractivity contribution in [3.8, 4) is 0 Å². The maximum Gasteiger partial charge on any atom is 0.0596 e. The highest BCUT2D eigenvalue weighted by Gasteiger charge is 2.31. The van der Waals surface area contributed by atoms with Crippen LogP contribution in [-0.4, -0.2) is 18.8 Å². The maximum absolute atomic E-state index is 5.68. The van der Waals surface area contributed by atoms with Gasteiger partial charge in [-0.2, -0.15) is 0 Å². The smallest absolute Gasteiger partial charge is 0.0596 e. The molecule has 1 aliphatic rings. The fourth-order valence-electron chi connectivity index (χ4n) is 1.64. The van der Waals surface area contributed by atoms with Crippen LogP contribution in [0.3, 0.4) is 0 Å². The molecule has 0 aromatic rings. The van der Waals surface area contributed by atoms with Crippen molar-refractivity contribution >= 4 is 0 Å². The van der Waals surface area contributed by atoms with Gasteiger partial charge in [0.2, 0.25) is 0 Å². The van der Waals surface area contributed by atoms with Gasteiger partial charge in [-0.3, -0.25) is 0 Å². The molecule has 2 unspecified atom stereocenters. The predicted octanol–water partition coefficient (Wildman–Crippen LogP) is 1.54. The largest absolute Gasteiger partial charge is 0.378 e. The molecule has 1 fully saturated rings. The molecule has 0 bridgehead atoms. The van der Waals surface area contributed by atoms with E-state index in [1.807, 2.05) is 6.92 Å². The Labute approximate surface area is 69.1 Å². The monoisotopic (exact) mass is 157 g/mol. The zero-order valence-electron chi connectivity index (χ0n) is 7.76. The molecule has 1 heterocycles. The molecule has 0 spiro atoms. The lowest BCUT2D eigenvalue weighted by molar-refractivity contribution is 0.0902. The summed E-state index contributed by atoms with van der Waals surface area (Å²) in [5, 5.41) is 0. The summed E-state index contributed by atoms with van der Waals surface area (Å²) in [7, 11) is 0. The van der Waals surface area contributed by atoms with E-state index in [0.29, 0.717) is 11.5 Å². The third-order valence-corrected chi connectivity index (χ3v) is 2.12. The van der Waals surface area contributed by atoms with Gasteiger partial charge in [0.1, 0.15) is 0 Å². The number of ether oxygens (including phenoxy) is 1. The molecule has 2 N–H and O–H groups in total. The van der Waals surface area contributed by atoms with E-state index in [2.05, 4.69) is 13.8 Å². The molecule has 1 rings (SSSR count). The van der Waals surface area contributed by atoms with Crippen molar-refractivity contribution in [2.45, 2.75) is 45.8 Å². The summed E-state index contributed by atoms with van der Waals surface area (Å²) < 4.78 is 5.60. The Hall–Kier alpha value is -0.0800. The topological polar surface area (TPSA) is 35.2 Å². The Bertz CT molecular complexity index is 132. The predicted molar refractivity (Wildman–Crippen MR) is 46.4 cm³/mol. The van der Waals surface area contributed by atoms with Crippen LogP contribution < -0.4 is 5.73 Å². The SMILES string of the molecule is CC(N)CC1CC(C)(C)CO1. The van der Waals surface area contributed by atoms with Gasteiger partial charge in [0.05, 0.1) is 12.7 Å². The Morgan fingerprint density at radius 3 is 2.64 bits per heavy atom. The standard InChI is InChI=1S/C9H19NO/c1-7(10)4-8-5-9(2,3)6-11-8/h7-8H,4-6,10H2,1-3H3. The van der Waals surface area contributed by atoms with Crippen LogP contribution in [-0.2, 0) is 4.74 Å². The van der Waals surface area contributed by atoms with Crippen LogP contribution >= 0.6 is 0 Å². The quantitative estimate of drug-likeness (QED) is 0.660. The minimum absolute atomic E-state index is 0.272. The molecule has 0 aromatic heterocycles. The summed E-state index contributed by atoms with van der Waals surface area (Å²) in [6.07, 6.45) is 2.57. The average molecular weight is 157 g/mol. The molecule has 1 saturated heterocycles. The molecule has 2 nitrogen and oxygen atoms in total. The molecule has 0 radical (unpaired) electrons. The van der Waals surface area contributed by atoms with E-state index in [1.165, 1.54) is 0 Å². The molecule has 2 heteroatoms. The van der Waals surface area contributed by atoms with Crippen molar-refractivity contribution in [1.29, 1.82) is 0 Å².